The summed E-state index contributed by atoms with van der Waals surface area (Å²) < 4.78 is 32.8. The molecule has 5 rings (SSSR count). The third-order valence-corrected chi connectivity index (χ3v) is 8.26. The van der Waals surface area contributed by atoms with Crippen LogP contribution >= 0.6 is 0 Å². The van der Waals surface area contributed by atoms with E-state index >= 15 is 0 Å². The summed E-state index contributed by atoms with van der Waals surface area (Å²) in [5.74, 6) is 0.482. The summed E-state index contributed by atoms with van der Waals surface area (Å²) in [5, 5.41) is 0. The van der Waals surface area contributed by atoms with Crippen LogP contribution in [0.25, 0.3) is 6.08 Å². The van der Waals surface area contributed by atoms with Crippen molar-refractivity contribution in [1.82, 2.24) is 14.5 Å². The summed E-state index contributed by atoms with van der Waals surface area (Å²) >= 11 is 0. The quantitative estimate of drug-likeness (QED) is 0.311. The lowest BCUT2D eigenvalue weighted by Gasteiger charge is -2.39. The average Bonchev–Trinajstić information content (AvgIpc) is 3.51. The van der Waals surface area contributed by atoms with Crippen LogP contribution in [0.2, 0.25) is 0 Å². The Kier molecular flexibility index (Phi) is 8.36. The Bertz CT molecular complexity index is 1440. The van der Waals surface area contributed by atoms with E-state index < -0.39 is 10.0 Å². The van der Waals surface area contributed by atoms with E-state index in [1.807, 2.05) is 17.0 Å². The summed E-state index contributed by atoms with van der Waals surface area (Å²) in [6.07, 6.45) is 4.77. The number of hydrogen-bond acceptors (Lipinski definition) is 5. The van der Waals surface area contributed by atoms with Gasteiger partial charge in [-0.2, -0.15) is 0 Å². The van der Waals surface area contributed by atoms with E-state index in [0.29, 0.717) is 18.8 Å². The zero-order valence-corrected chi connectivity index (χ0v) is 22.3. The molecule has 7 nitrogen and oxygen atoms in total. The molecule has 1 aliphatic rings. The number of nitrogens with one attached hydrogen (secondary N) is 1. The number of benzene rings is 3. The van der Waals surface area contributed by atoms with E-state index in [1.54, 1.807) is 36.4 Å². The van der Waals surface area contributed by atoms with E-state index in [0.717, 1.165) is 18.7 Å². The molecule has 39 heavy (non-hydrogen) atoms. The van der Waals surface area contributed by atoms with Gasteiger partial charge in [-0.3, -0.25) is 9.69 Å². The lowest BCUT2D eigenvalue weighted by atomic mass is 9.96. The van der Waals surface area contributed by atoms with Crippen LogP contribution in [0.3, 0.4) is 0 Å². The van der Waals surface area contributed by atoms with Gasteiger partial charge in [0.15, 0.2) is 0 Å². The number of piperazine rings is 1. The van der Waals surface area contributed by atoms with Crippen LogP contribution in [-0.4, -0.2) is 50.3 Å². The molecule has 8 heteroatoms. The summed E-state index contributed by atoms with van der Waals surface area (Å²) in [6, 6.07) is 30.9. The Hall–Kier alpha value is -3.98. The predicted octanol–water partition coefficient (Wildman–Crippen LogP) is 4.71. The summed E-state index contributed by atoms with van der Waals surface area (Å²) in [4.78, 5) is 17.4. The minimum atomic E-state index is -3.67. The van der Waals surface area contributed by atoms with Crippen LogP contribution in [-0.2, 0) is 21.4 Å². The summed E-state index contributed by atoms with van der Waals surface area (Å²) in [7, 11) is -3.67. The fourth-order valence-corrected chi connectivity index (χ4v) is 5.77. The summed E-state index contributed by atoms with van der Waals surface area (Å²) in [5.41, 5.74) is 3.23. The number of carbonyl (C=O) groups is 1. The van der Waals surface area contributed by atoms with Gasteiger partial charge in [-0.1, -0.05) is 72.8 Å². The third kappa shape index (κ3) is 6.72. The second-order valence-corrected chi connectivity index (χ2v) is 11.2. The molecule has 4 aromatic rings. The molecule has 0 spiro atoms. The fraction of sp³-hybridized carbons (Fsp3) is 0.194. The van der Waals surface area contributed by atoms with E-state index in [2.05, 4.69) is 58.2 Å². The molecule has 3 aromatic carbocycles. The van der Waals surface area contributed by atoms with Crippen molar-refractivity contribution in [2.24, 2.45) is 0 Å². The maximum atomic E-state index is 12.9. The van der Waals surface area contributed by atoms with Gasteiger partial charge in [0.25, 0.3) is 0 Å². The van der Waals surface area contributed by atoms with Crippen LogP contribution in [0.5, 0.6) is 0 Å². The van der Waals surface area contributed by atoms with Crippen molar-refractivity contribution >= 4 is 22.0 Å². The number of sulfonamides is 1. The molecule has 0 unspecified atom stereocenters. The van der Waals surface area contributed by atoms with Crippen LogP contribution < -0.4 is 4.72 Å². The normalized spacial score (nSPS) is 14.7. The first-order valence-corrected chi connectivity index (χ1v) is 14.4. The first kappa shape index (κ1) is 26.6. The molecule has 200 valence electrons. The molecule has 2 heterocycles. The molecule has 1 aromatic heterocycles. The highest BCUT2D eigenvalue weighted by molar-refractivity contribution is 7.89. The number of furan rings is 1. The Morgan fingerprint density at radius 3 is 2.00 bits per heavy atom. The van der Waals surface area contributed by atoms with E-state index in [9.17, 15) is 13.2 Å². The number of amides is 1. The minimum Gasteiger partial charge on any atom is -0.468 e. The van der Waals surface area contributed by atoms with Crippen LogP contribution in [0.4, 0.5) is 0 Å². The molecule has 1 N–H and O–H groups in total. The van der Waals surface area contributed by atoms with E-state index in [1.165, 1.54) is 29.5 Å². The maximum Gasteiger partial charge on any atom is 0.246 e. The van der Waals surface area contributed by atoms with Gasteiger partial charge in [0, 0.05) is 32.3 Å². The molecule has 0 atom stereocenters. The predicted molar refractivity (Wildman–Crippen MR) is 151 cm³/mol. The Balaban J connectivity index is 1.18. The van der Waals surface area contributed by atoms with Crippen molar-refractivity contribution in [2.45, 2.75) is 17.5 Å². The molecule has 1 fully saturated rings. The lowest BCUT2D eigenvalue weighted by Crippen LogP contribution is -2.49. The second kappa shape index (κ2) is 12.3. The third-order valence-electron chi connectivity index (χ3n) is 6.85. The van der Waals surface area contributed by atoms with Crippen LogP contribution in [0.15, 0.2) is 119 Å². The van der Waals surface area contributed by atoms with Crippen LogP contribution in [0.1, 0.15) is 28.5 Å². The Labute approximate surface area is 229 Å². The minimum absolute atomic E-state index is 0.0533. The van der Waals surface area contributed by atoms with Gasteiger partial charge in [-0.15, -0.1) is 0 Å². The molecule has 1 aliphatic heterocycles. The maximum absolute atomic E-state index is 12.9. The highest BCUT2D eigenvalue weighted by atomic mass is 32.2. The standard InChI is InChI=1S/C31H31N3O4S/c35-30(18-15-25-13-16-29(17-14-25)39(36,37)32-24-28-12-7-23-38-28)33-19-21-34(22-20-33)31(26-8-3-1-4-9-26)27-10-5-2-6-11-27/h1-18,23,31-32H,19-22,24H2/b18-15+. The monoisotopic (exact) mass is 541 g/mol. The molecular formula is C31H31N3O4S. The van der Waals surface area contributed by atoms with Crippen molar-refractivity contribution in [3.05, 3.63) is 132 Å². The van der Waals surface area contributed by atoms with Crippen molar-refractivity contribution in [2.75, 3.05) is 26.2 Å². The van der Waals surface area contributed by atoms with Gasteiger partial charge in [0.05, 0.1) is 23.7 Å². The molecule has 0 aliphatic carbocycles. The number of hydrogen-bond donors (Lipinski definition) is 1. The van der Waals surface area contributed by atoms with Crippen molar-refractivity contribution in [3.8, 4) is 0 Å². The molecule has 0 radical (unpaired) electrons. The van der Waals surface area contributed by atoms with Crippen molar-refractivity contribution < 1.29 is 17.6 Å². The van der Waals surface area contributed by atoms with E-state index in [-0.39, 0.29) is 23.4 Å². The molecular weight excluding hydrogens is 510 g/mol. The molecule has 1 saturated heterocycles. The number of carbonyl (C=O) groups excluding carboxylic acids is 1. The van der Waals surface area contributed by atoms with Gasteiger partial charge in [0.2, 0.25) is 15.9 Å². The highest BCUT2D eigenvalue weighted by Crippen LogP contribution is 2.29. The highest BCUT2D eigenvalue weighted by Gasteiger charge is 2.27. The summed E-state index contributed by atoms with van der Waals surface area (Å²) in [6.45, 7) is 2.89. The number of rotatable bonds is 9. The van der Waals surface area contributed by atoms with Gasteiger partial charge >= 0.3 is 0 Å². The lowest BCUT2D eigenvalue weighted by molar-refractivity contribution is -0.127. The Morgan fingerprint density at radius 1 is 0.821 bits per heavy atom. The van der Waals surface area contributed by atoms with Gasteiger partial charge < -0.3 is 9.32 Å². The van der Waals surface area contributed by atoms with Gasteiger partial charge in [-0.25, -0.2) is 13.1 Å². The van der Waals surface area contributed by atoms with Crippen molar-refractivity contribution in [3.63, 3.8) is 0 Å². The van der Waals surface area contributed by atoms with Crippen LogP contribution in [0, 0.1) is 0 Å². The Morgan fingerprint density at radius 2 is 1.44 bits per heavy atom. The zero-order valence-electron chi connectivity index (χ0n) is 21.5. The first-order valence-electron chi connectivity index (χ1n) is 12.9. The fourth-order valence-electron chi connectivity index (χ4n) is 4.78. The topological polar surface area (TPSA) is 82.9 Å². The first-order chi connectivity index (χ1) is 19.0. The van der Waals surface area contributed by atoms with E-state index in [4.69, 9.17) is 4.42 Å². The molecule has 0 bridgehead atoms. The smallest absolute Gasteiger partial charge is 0.246 e. The molecule has 0 saturated carbocycles. The largest absolute Gasteiger partial charge is 0.468 e. The number of nitrogens with zero attached hydrogens (tertiary/aromatic N) is 2. The van der Waals surface area contributed by atoms with Crippen molar-refractivity contribution in [1.29, 1.82) is 0 Å². The van der Waals surface area contributed by atoms with Gasteiger partial charge in [-0.05, 0) is 47.0 Å². The molecule has 1 amide bonds. The van der Waals surface area contributed by atoms with Gasteiger partial charge in [0.1, 0.15) is 5.76 Å². The second-order valence-electron chi connectivity index (χ2n) is 9.39. The SMILES string of the molecule is O=C(/C=C/c1ccc(S(=O)(=O)NCc2ccco2)cc1)N1CCN(C(c2ccccc2)c2ccccc2)CC1. The zero-order chi connectivity index (χ0) is 27.1. The average molecular weight is 542 g/mol.